The normalized spacial score (nSPS) is 11.4. The molecule has 2 aromatic heterocycles. The van der Waals surface area contributed by atoms with Crippen molar-refractivity contribution in [2.24, 2.45) is 7.05 Å². The lowest BCUT2D eigenvalue weighted by atomic mass is 10.2. The lowest BCUT2D eigenvalue weighted by Gasteiger charge is -2.09. The first-order valence-corrected chi connectivity index (χ1v) is 12.8. The van der Waals surface area contributed by atoms with Gasteiger partial charge in [0.15, 0.2) is 0 Å². The van der Waals surface area contributed by atoms with Gasteiger partial charge in [-0.1, -0.05) is 24.3 Å². The minimum atomic E-state index is -4.12. The lowest BCUT2D eigenvalue weighted by Crippen LogP contribution is -2.24. The number of carbonyl (C=O) groups excluding carboxylic acids is 1. The molecule has 0 aliphatic heterocycles. The van der Waals surface area contributed by atoms with Gasteiger partial charge in [-0.2, -0.15) is 0 Å². The predicted octanol–water partition coefficient (Wildman–Crippen LogP) is 3.59. The molecule has 1 amide bonds. The second-order valence-corrected chi connectivity index (χ2v) is 10.5. The van der Waals surface area contributed by atoms with E-state index in [1.54, 1.807) is 60.3 Å². The Morgan fingerprint density at radius 3 is 2.44 bits per heavy atom. The molecule has 0 spiro atoms. The van der Waals surface area contributed by atoms with Crippen molar-refractivity contribution in [3.63, 3.8) is 0 Å². The van der Waals surface area contributed by atoms with Crippen LogP contribution in [0.1, 0.15) is 26.5 Å². The molecular weight excluding hydrogens is 472 g/mol. The summed E-state index contributed by atoms with van der Waals surface area (Å²) in [5.74, 6) is -0.382. The number of rotatable bonds is 7. The summed E-state index contributed by atoms with van der Waals surface area (Å²) in [5.41, 5.74) is 1.83. The van der Waals surface area contributed by atoms with Crippen LogP contribution in [0.2, 0.25) is 0 Å². The molecule has 2 heterocycles. The van der Waals surface area contributed by atoms with Crippen molar-refractivity contribution < 1.29 is 13.2 Å². The van der Waals surface area contributed by atoms with Gasteiger partial charge in [-0.15, -0.1) is 11.3 Å². The number of carbonyl (C=O) groups is 1. The molecule has 0 saturated carbocycles. The molecule has 34 heavy (non-hydrogen) atoms. The maximum Gasteiger partial charge on any atom is 0.296 e. The quantitative estimate of drug-likeness (QED) is 0.408. The van der Waals surface area contributed by atoms with Crippen LogP contribution in [0, 0.1) is 13.8 Å². The Balaban J connectivity index is 1.60. The van der Waals surface area contributed by atoms with Gasteiger partial charge < -0.3 is 5.32 Å². The number of amides is 1. The van der Waals surface area contributed by atoms with E-state index in [1.807, 2.05) is 24.4 Å². The van der Waals surface area contributed by atoms with E-state index in [0.29, 0.717) is 17.9 Å². The van der Waals surface area contributed by atoms with Gasteiger partial charge in [-0.25, -0.2) is 13.1 Å². The van der Waals surface area contributed by atoms with Crippen LogP contribution in [0.25, 0.3) is 5.69 Å². The average molecular weight is 497 g/mol. The first-order valence-electron chi connectivity index (χ1n) is 10.5. The first-order chi connectivity index (χ1) is 16.2. The van der Waals surface area contributed by atoms with E-state index in [1.165, 1.54) is 22.9 Å². The van der Waals surface area contributed by atoms with Gasteiger partial charge >= 0.3 is 0 Å². The second-order valence-electron chi connectivity index (χ2n) is 7.78. The highest BCUT2D eigenvalue weighted by Crippen LogP contribution is 2.20. The number of sulfonamides is 1. The Morgan fingerprint density at radius 2 is 1.76 bits per heavy atom. The van der Waals surface area contributed by atoms with Crippen LogP contribution in [0.15, 0.2) is 75.7 Å². The largest absolute Gasteiger partial charge is 0.347 e. The fourth-order valence-corrected chi connectivity index (χ4v) is 5.54. The summed E-state index contributed by atoms with van der Waals surface area (Å²) in [6.07, 6.45) is 0. The van der Waals surface area contributed by atoms with E-state index in [2.05, 4.69) is 10.0 Å². The van der Waals surface area contributed by atoms with Crippen LogP contribution in [0.3, 0.4) is 0 Å². The van der Waals surface area contributed by atoms with Crippen LogP contribution >= 0.6 is 11.3 Å². The molecule has 0 radical (unpaired) electrons. The smallest absolute Gasteiger partial charge is 0.296 e. The Labute approximate surface area is 201 Å². The molecule has 8 nitrogen and oxygen atoms in total. The maximum atomic E-state index is 13.1. The molecule has 4 rings (SSSR count). The summed E-state index contributed by atoms with van der Waals surface area (Å²) < 4.78 is 31.7. The zero-order valence-corrected chi connectivity index (χ0v) is 20.5. The fourth-order valence-electron chi connectivity index (χ4n) is 3.53. The molecule has 0 bridgehead atoms. The number of aryl methyl sites for hydroxylation is 1. The summed E-state index contributed by atoms with van der Waals surface area (Å²) in [4.78, 5) is 26.6. The van der Waals surface area contributed by atoms with E-state index in [4.69, 9.17) is 0 Å². The molecule has 176 valence electrons. The van der Waals surface area contributed by atoms with E-state index in [-0.39, 0.29) is 22.1 Å². The third kappa shape index (κ3) is 4.55. The Kier molecular flexibility index (Phi) is 6.45. The van der Waals surface area contributed by atoms with Crippen molar-refractivity contribution in [2.75, 3.05) is 4.72 Å². The number of benzene rings is 2. The van der Waals surface area contributed by atoms with Crippen molar-refractivity contribution >= 4 is 33.0 Å². The minimum absolute atomic E-state index is 0.0469. The summed E-state index contributed by atoms with van der Waals surface area (Å²) in [7, 11) is -2.44. The minimum Gasteiger partial charge on any atom is -0.347 e. The second kappa shape index (κ2) is 9.32. The number of aromatic nitrogens is 2. The number of para-hydroxylation sites is 1. The van der Waals surface area contributed by atoms with Gasteiger partial charge in [-0.3, -0.25) is 19.0 Å². The Hall–Kier alpha value is -3.63. The third-order valence-corrected chi connectivity index (χ3v) is 7.95. The predicted molar refractivity (Wildman–Crippen MR) is 133 cm³/mol. The van der Waals surface area contributed by atoms with Crippen molar-refractivity contribution in [3.8, 4) is 5.69 Å². The maximum absolute atomic E-state index is 13.1. The highest BCUT2D eigenvalue weighted by Gasteiger charge is 2.23. The van der Waals surface area contributed by atoms with Crippen LogP contribution in [-0.4, -0.2) is 23.7 Å². The lowest BCUT2D eigenvalue weighted by molar-refractivity contribution is 0.0951. The molecule has 0 saturated heterocycles. The summed E-state index contributed by atoms with van der Waals surface area (Å²) in [6.45, 7) is 3.99. The number of thiophene rings is 1. The molecular formula is C24H24N4O4S2. The van der Waals surface area contributed by atoms with Gasteiger partial charge in [0, 0.05) is 17.5 Å². The number of hydrogen-bond donors (Lipinski definition) is 2. The van der Waals surface area contributed by atoms with Crippen LogP contribution in [0.4, 0.5) is 5.69 Å². The molecule has 0 unspecified atom stereocenters. The fraction of sp³-hybridized carbons (Fsp3) is 0.167. The summed E-state index contributed by atoms with van der Waals surface area (Å²) >= 11 is 1.55. The standard InChI is InChI=1S/C24H24N4O4S2/c1-16-12-13-33-21(16)15-25-23(29)18-8-7-11-20(14-18)34(31,32)26-22-17(2)27(3)28(24(22)30)19-9-5-4-6-10-19/h4-14,26H,15H2,1-3H3,(H,25,29). The van der Waals surface area contributed by atoms with E-state index < -0.39 is 15.6 Å². The molecule has 0 fully saturated rings. The van der Waals surface area contributed by atoms with E-state index in [0.717, 1.165) is 10.4 Å². The highest BCUT2D eigenvalue weighted by molar-refractivity contribution is 7.92. The Bertz CT molecular complexity index is 1520. The van der Waals surface area contributed by atoms with Gasteiger partial charge in [-0.05, 0) is 61.2 Å². The van der Waals surface area contributed by atoms with Gasteiger partial charge in [0.2, 0.25) is 0 Å². The number of hydrogen-bond acceptors (Lipinski definition) is 5. The van der Waals surface area contributed by atoms with Crippen LogP contribution in [0.5, 0.6) is 0 Å². The Morgan fingerprint density at radius 1 is 1.03 bits per heavy atom. The molecule has 4 aromatic rings. The zero-order valence-electron chi connectivity index (χ0n) is 18.9. The number of nitrogens with one attached hydrogen (secondary N) is 2. The van der Waals surface area contributed by atoms with Crippen molar-refractivity contribution in [2.45, 2.75) is 25.3 Å². The molecule has 0 aliphatic rings. The third-order valence-electron chi connectivity index (χ3n) is 5.57. The molecule has 0 aliphatic carbocycles. The van der Waals surface area contributed by atoms with Gasteiger partial charge in [0.05, 0.1) is 22.8 Å². The summed E-state index contributed by atoms with van der Waals surface area (Å²) in [6, 6.07) is 16.7. The van der Waals surface area contributed by atoms with Crippen molar-refractivity contribution in [1.29, 1.82) is 0 Å². The van der Waals surface area contributed by atoms with E-state index >= 15 is 0 Å². The summed E-state index contributed by atoms with van der Waals surface area (Å²) in [5, 5.41) is 4.77. The van der Waals surface area contributed by atoms with Crippen LogP contribution in [-0.2, 0) is 23.6 Å². The SMILES string of the molecule is Cc1ccsc1CNC(=O)c1cccc(S(=O)(=O)Nc2c(C)n(C)n(-c3ccccc3)c2=O)c1. The monoisotopic (exact) mass is 496 g/mol. The average Bonchev–Trinajstić information content (AvgIpc) is 3.33. The molecule has 2 aromatic carbocycles. The molecule has 0 atom stereocenters. The van der Waals surface area contributed by atoms with Gasteiger partial charge in [0.25, 0.3) is 21.5 Å². The van der Waals surface area contributed by atoms with E-state index in [9.17, 15) is 18.0 Å². The van der Waals surface area contributed by atoms with Crippen LogP contribution < -0.4 is 15.6 Å². The number of anilines is 1. The topological polar surface area (TPSA) is 102 Å². The van der Waals surface area contributed by atoms with Gasteiger partial charge in [0.1, 0.15) is 5.69 Å². The molecule has 2 N–H and O–H groups in total. The zero-order chi connectivity index (χ0) is 24.5. The van der Waals surface area contributed by atoms with Crippen molar-refractivity contribution in [1.82, 2.24) is 14.7 Å². The molecule has 10 heteroatoms. The first kappa shape index (κ1) is 23.5. The highest BCUT2D eigenvalue weighted by atomic mass is 32.2. The van der Waals surface area contributed by atoms with Crippen molar-refractivity contribution in [3.05, 3.63) is 98.1 Å². The number of nitrogens with zero attached hydrogens (tertiary/aromatic N) is 2.